The molecule has 3 fully saturated rings. The summed E-state index contributed by atoms with van der Waals surface area (Å²) in [5, 5.41) is 1.21. The molecule has 1 aromatic carbocycles. The summed E-state index contributed by atoms with van der Waals surface area (Å²) < 4.78 is 28.0. The molecule has 154 valence electrons. The lowest BCUT2D eigenvalue weighted by Gasteiger charge is -2.40. The topological polar surface area (TPSA) is 57.7 Å². The van der Waals surface area contributed by atoms with Crippen molar-refractivity contribution in [1.82, 2.24) is 4.31 Å². The fourth-order valence-corrected chi connectivity index (χ4v) is 8.05. The molecule has 0 amide bonds. The minimum atomic E-state index is -3.51. The lowest BCUT2D eigenvalue weighted by atomic mass is 9.70. The number of carbonyl (C=O) groups is 1. The smallest absolute Gasteiger partial charge is 0.215 e. The van der Waals surface area contributed by atoms with Crippen molar-refractivity contribution in [3.8, 4) is 0 Å². The number of benzene rings is 1. The first-order valence-electron chi connectivity index (χ1n) is 9.78. The molecule has 2 saturated carbocycles. The number of rotatable bonds is 4. The van der Waals surface area contributed by atoms with Crippen LogP contribution in [0.4, 0.5) is 5.69 Å². The van der Waals surface area contributed by atoms with Crippen LogP contribution in [0.3, 0.4) is 0 Å². The maximum absolute atomic E-state index is 13.2. The summed E-state index contributed by atoms with van der Waals surface area (Å²) in [6.45, 7) is 6.02. The number of halogens is 2. The predicted octanol–water partition coefficient (Wildman–Crippen LogP) is 3.84. The zero-order valence-corrected chi connectivity index (χ0v) is 18.6. The molecule has 1 heterocycles. The van der Waals surface area contributed by atoms with E-state index in [0.717, 1.165) is 12.1 Å². The summed E-state index contributed by atoms with van der Waals surface area (Å²) >= 11 is 12.4. The highest BCUT2D eigenvalue weighted by molar-refractivity contribution is 7.89. The number of hydrogen-bond acceptors (Lipinski definition) is 4. The Morgan fingerprint density at radius 2 is 1.82 bits per heavy atom. The first kappa shape index (κ1) is 20.5. The van der Waals surface area contributed by atoms with E-state index in [0.29, 0.717) is 55.0 Å². The molecule has 8 heteroatoms. The van der Waals surface area contributed by atoms with Gasteiger partial charge in [0.05, 0.1) is 16.5 Å². The fourth-order valence-electron chi connectivity index (χ4n) is 5.45. The SMILES string of the molecule is CC1(C)[C@@H]2CC[C@]1(CS(=O)(=O)N1CCN(c3cc(Cl)ccc3Cl)CC1)C(=O)C2. The Hall–Kier alpha value is -0.820. The molecule has 1 saturated heterocycles. The average molecular weight is 445 g/mol. The molecule has 0 spiro atoms. The lowest BCUT2D eigenvalue weighted by molar-refractivity contribution is -0.128. The van der Waals surface area contributed by atoms with Crippen LogP contribution in [0.15, 0.2) is 18.2 Å². The normalized spacial score (nSPS) is 30.2. The molecule has 0 N–H and O–H groups in total. The van der Waals surface area contributed by atoms with Gasteiger partial charge in [-0.3, -0.25) is 4.79 Å². The van der Waals surface area contributed by atoms with E-state index in [-0.39, 0.29) is 17.0 Å². The van der Waals surface area contributed by atoms with Crippen molar-refractivity contribution in [3.63, 3.8) is 0 Å². The molecular formula is C20H26Cl2N2O3S. The van der Waals surface area contributed by atoms with Crippen molar-refractivity contribution in [1.29, 1.82) is 0 Å². The monoisotopic (exact) mass is 444 g/mol. The summed E-state index contributed by atoms with van der Waals surface area (Å²) in [5.41, 5.74) is -0.132. The van der Waals surface area contributed by atoms with Crippen LogP contribution >= 0.6 is 23.2 Å². The Morgan fingerprint density at radius 3 is 2.39 bits per heavy atom. The van der Waals surface area contributed by atoms with Crippen LogP contribution in [-0.4, -0.2) is 50.4 Å². The van der Waals surface area contributed by atoms with Gasteiger partial charge in [-0.2, -0.15) is 4.31 Å². The van der Waals surface area contributed by atoms with Crippen molar-refractivity contribution < 1.29 is 13.2 Å². The van der Waals surface area contributed by atoms with Crippen LogP contribution in [0.5, 0.6) is 0 Å². The summed E-state index contributed by atoms with van der Waals surface area (Å²) in [4.78, 5) is 14.8. The number of hydrogen-bond donors (Lipinski definition) is 0. The highest BCUT2D eigenvalue weighted by atomic mass is 35.5. The molecule has 0 aromatic heterocycles. The first-order chi connectivity index (χ1) is 13.1. The summed E-state index contributed by atoms with van der Waals surface area (Å²) in [6, 6.07) is 5.31. The number of Topliss-reactive ketones (excluding diaryl/α,β-unsaturated/α-hetero) is 1. The second-order valence-electron chi connectivity index (χ2n) is 8.90. The predicted molar refractivity (Wildman–Crippen MR) is 113 cm³/mol. The molecule has 2 bridgehead atoms. The third kappa shape index (κ3) is 3.08. The van der Waals surface area contributed by atoms with Gasteiger partial charge in [-0.15, -0.1) is 0 Å². The molecule has 2 aliphatic carbocycles. The summed E-state index contributed by atoms with van der Waals surface area (Å²) in [7, 11) is -3.51. The zero-order valence-electron chi connectivity index (χ0n) is 16.2. The van der Waals surface area contributed by atoms with E-state index in [1.54, 1.807) is 16.4 Å². The molecule has 4 rings (SSSR count). The van der Waals surface area contributed by atoms with E-state index in [1.165, 1.54) is 0 Å². The standard InChI is InChI=1S/C20H26Cl2N2O3S/c1-19(2)14-5-6-20(19,18(25)11-14)13-28(26,27)24-9-7-23(8-10-24)17-12-15(21)3-4-16(17)22/h3-4,12,14H,5-11,13H2,1-2H3/t14-,20+/m1/s1. The third-order valence-electron chi connectivity index (χ3n) is 7.45. The number of fused-ring (bicyclic) bond motifs is 2. The molecule has 28 heavy (non-hydrogen) atoms. The lowest BCUT2D eigenvalue weighted by Crippen LogP contribution is -2.52. The summed E-state index contributed by atoms with van der Waals surface area (Å²) in [6.07, 6.45) is 2.18. The highest BCUT2D eigenvalue weighted by Gasteiger charge is 2.65. The van der Waals surface area contributed by atoms with E-state index < -0.39 is 15.4 Å². The Morgan fingerprint density at radius 1 is 1.14 bits per heavy atom. The van der Waals surface area contributed by atoms with Crippen molar-refractivity contribution >= 4 is 44.7 Å². The molecule has 3 aliphatic rings. The number of sulfonamides is 1. The van der Waals surface area contributed by atoms with Gasteiger partial charge in [0.2, 0.25) is 10.0 Å². The third-order valence-corrected chi connectivity index (χ3v) is 10.0. The van der Waals surface area contributed by atoms with Crippen LogP contribution in [0, 0.1) is 16.7 Å². The Kier molecular flexibility index (Phi) is 5.01. The van der Waals surface area contributed by atoms with Crippen molar-refractivity contribution in [3.05, 3.63) is 28.2 Å². The number of ketones is 1. The van der Waals surface area contributed by atoms with E-state index >= 15 is 0 Å². The van der Waals surface area contributed by atoms with Crippen LogP contribution in [0.25, 0.3) is 0 Å². The van der Waals surface area contributed by atoms with E-state index in [9.17, 15) is 13.2 Å². The van der Waals surface area contributed by atoms with Gasteiger partial charge >= 0.3 is 0 Å². The molecule has 1 aromatic rings. The summed E-state index contributed by atoms with van der Waals surface area (Å²) in [5.74, 6) is 0.402. The second kappa shape index (κ2) is 6.86. The van der Waals surface area contributed by atoms with E-state index in [2.05, 4.69) is 18.7 Å². The molecule has 5 nitrogen and oxygen atoms in total. The Labute approximate surface area is 177 Å². The van der Waals surface area contributed by atoms with Gasteiger partial charge < -0.3 is 4.90 Å². The fraction of sp³-hybridized carbons (Fsp3) is 0.650. The van der Waals surface area contributed by atoms with Gasteiger partial charge in [0.15, 0.2) is 0 Å². The molecular weight excluding hydrogens is 419 g/mol. The first-order valence-corrected chi connectivity index (χ1v) is 12.1. The molecule has 2 atom stereocenters. The van der Waals surface area contributed by atoms with Gasteiger partial charge in [0, 0.05) is 43.0 Å². The Balaban J connectivity index is 1.49. The highest BCUT2D eigenvalue weighted by Crippen LogP contribution is 2.64. The quantitative estimate of drug-likeness (QED) is 0.707. The van der Waals surface area contributed by atoms with Gasteiger partial charge in [-0.05, 0) is 42.4 Å². The van der Waals surface area contributed by atoms with Gasteiger partial charge in [-0.25, -0.2) is 8.42 Å². The largest absolute Gasteiger partial charge is 0.368 e. The minimum Gasteiger partial charge on any atom is -0.368 e. The van der Waals surface area contributed by atoms with Crippen molar-refractivity contribution in [2.75, 3.05) is 36.8 Å². The zero-order chi connectivity index (χ0) is 20.3. The minimum absolute atomic E-state index is 0.0553. The van der Waals surface area contributed by atoms with Gasteiger partial charge in [-0.1, -0.05) is 37.0 Å². The van der Waals surface area contributed by atoms with E-state index in [1.807, 2.05) is 6.07 Å². The second-order valence-corrected chi connectivity index (χ2v) is 11.7. The average Bonchev–Trinajstić information content (AvgIpc) is 2.98. The van der Waals surface area contributed by atoms with Crippen molar-refractivity contribution in [2.24, 2.45) is 16.7 Å². The number of anilines is 1. The Bertz CT molecular complexity index is 910. The maximum Gasteiger partial charge on any atom is 0.215 e. The molecule has 0 unspecified atom stereocenters. The number of piperazine rings is 1. The van der Waals surface area contributed by atoms with Gasteiger partial charge in [0.25, 0.3) is 0 Å². The van der Waals surface area contributed by atoms with Crippen LogP contribution in [-0.2, 0) is 14.8 Å². The maximum atomic E-state index is 13.2. The van der Waals surface area contributed by atoms with Crippen molar-refractivity contribution in [2.45, 2.75) is 33.1 Å². The number of carbonyl (C=O) groups excluding carboxylic acids is 1. The van der Waals surface area contributed by atoms with E-state index in [4.69, 9.17) is 23.2 Å². The van der Waals surface area contributed by atoms with Crippen LogP contribution in [0.1, 0.15) is 33.1 Å². The molecule has 0 radical (unpaired) electrons. The number of nitrogens with zero attached hydrogens (tertiary/aromatic N) is 2. The van der Waals surface area contributed by atoms with Crippen LogP contribution < -0.4 is 4.90 Å². The van der Waals surface area contributed by atoms with Crippen LogP contribution in [0.2, 0.25) is 10.0 Å². The van der Waals surface area contributed by atoms with Gasteiger partial charge in [0.1, 0.15) is 5.78 Å². The molecule has 1 aliphatic heterocycles.